The molecule has 4 saturated heterocycles. The number of amides is 2. The van der Waals surface area contributed by atoms with Crippen molar-refractivity contribution in [3.05, 3.63) is 48.5 Å². The molecule has 2 amide bonds. The number of hydrogen-bond donors (Lipinski definition) is 16. The Labute approximate surface area is 410 Å². The largest absolute Gasteiger partial charge is 0.394 e. The van der Waals surface area contributed by atoms with Gasteiger partial charge in [0, 0.05) is 34.0 Å². The van der Waals surface area contributed by atoms with Gasteiger partial charge in [-0.25, -0.2) is 0 Å². The summed E-state index contributed by atoms with van der Waals surface area (Å²) in [6.45, 7) is -2.75. The van der Waals surface area contributed by atoms with Gasteiger partial charge in [0.05, 0.1) is 26.4 Å². The number of carbonyl (C=O) groups is 2. The first-order valence-electron chi connectivity index (χ1n) is 22.8. The summed E-state index contributed by atoms with van der Waals surface area (Å²) in [5.41, 5.74) is -1.14. The van der Waals surface area contributed by atoms with Crippen LogP contribution in [0.15, 0.2) is 58.3 Å². The molecule has 0 radical (unpaired) electrons. The third kappa shape index (κ3) is 14.1. The van der Waals surface area contributed by atoms with Crippen LogP contribution in [-0.4, -0.2) is 231 Å². The minimum absolute atomic E-state index is 0.218. The van der Waals surface area contributed by atoms with Crippen molar-refractivity contribution in [2.75, 3.05) is 37.1 Å². The van der Waals surface area contributed by atoms with Crippen molar-refractivity contribution < 1.29 is 110 Å². The predicted molar refractivity (Wildman–Crippen MR) is 242 cm³/mol. The van der Waals surface area contributed by atoms with Crippen LogP contribution in [0.2, 0.25) is 0 Å². The second kappa shape index (κ2) is 26.5. The molecule has 4 heterocycles. The standard InChI is InChI=1S/C44H64N2O22S2/c47-15-23-29(53)31(55)35(59)41(63-23)67-39-25(17-49)65-43(37(61)33(39)57)69-21-11-7-19(8-12-21)45-27(51)5-3-1-2-4-6-28(52)46-20-9-13-22(14-10-20)70-44-38(62)34(58)40(26(18-50)66-44)68-42-36(60)32(56)30(54)24(16-48)64-42/h7-14,23-26,29-44,47-50,53-62H,1-6,15-18H2,(H,45,51)(H,46,52)/t23-,24-,25-,26-,29-,30-,31+,32+,33-,34-,35-,36-,37-,38-,39-,40-,41-,42-,43+,44+/m1/s1. The van der Waals surface area contributed by atoms with E-state index in [1.54, 1.807) is 48.5 Å². The van der Waals surface area contributed by atoms with Crippen LogP contribution >= 0.6 is 23.5 Å². The van der Waals surface area contributed by atoms with Gasteiger partial charge in [0.2, 0.25) is 11.8 Å². The number of aliphatic hydroxyl groups is 14. The average Bonchev–Trinajstić information content (AvgIpc) is 3.35. The summed E-state index contributed by atoms with van der Waals surface area (Å²) in [6, 6.07) is 13.2. The maximum atomic E-state index is 12.7. The van der Waals surface area contributed by atoms with Gasteiger partial charge >= 0.3 is 0 Å². The molecule has 394 valence electrons. The van der Waals surface area contributed by atoms with Crippen LogP contribution in [0.4, 0.5) is 11.4 Å². The molecule has 24 nitrogen and oxygen atoms in total. The van der Waals surface area contributed by atoms with E-state index in [9.17, 15) is 81.1 Å². The van der Waals surface area contributed by atoms with Crippen molar-refractivity contribution in [1.29, 1.82) is 0 Å². The monoisotopic (exact) mass is 1040 g/mol. The molecule has 4 aliphatic heterocycles. The first kappa shape index (κ1) is 56.6. The van der Waals surface area contributed by atoms with Crippen molar-refractivity contribution in [3.63, 3.8) is 0 Å². The normalized spacial score (nSPS) is 38.0. The summed E-state index contributed by atoms with van der Waals surface area (Å²) >= 11 is 2.07. The van der Waals surface area contributed by atoms with Crippen molar-refractivity contribution in [2.45, 2.75) is 169 Å². The van der Waals surface area contributed by atoms with Gasteiger partial charge in [0.25, 0.3) is 0 Å². The Morgan fingerprint density at radius 2 is 0.771 bits per heavy atom. The summed E-state index contributed by atoms with van der Waals surface area (Å²) in [5.74, 6) is -0.437. The van der Waals surface area contributed by atoms with Gasteiger partial charge < -0.3 is 111 Å². The van der Waals surface area contributed by atoms with Crippen LogP contribution < -0.4 is 10.6 Å². The van der Waals surface area contributed by atoms with Crippen LogP contribution in [0.3, 0.4) is 0 Å². The van der Waals surface area contributed by atoms with E-state index in [-0.39, 0.29) is 24.7 Å². The van der Waals surface area contributed by atoms with E-state index in [0.29, 0.717) is 46.8 Å². The highest BCUT2D eigenvalue weighted by Gasteiger charge is 2.52. The van der Waals surface area contributed by atoms with Crippen molar-refractivity contribution in [1.82, 2.24) is 0 Å². The van der Waals surface area contributed by atoms with Gasteiger partial charge in [-0.1, -0.05) is 36.4 Å². The molecule has 20 atom stereocenters. The van der Waals surface area contributed by atoms with Crippen LogP contribution in [0.5, 0.6) is 0 Å². The molecule has 2 aromatic carbocycles. The maximum Gasteiger partial charge on any atom is 0.224 e. The molecule has 0 unspecified atom stereocenters. The SMILES string of the molecule is O=C(CCCCCCC(=O)Nc1ccc(S[C@@H]2O[C@H](CO)[C@@H](O[C@H]3O[C@H](CO)[C@@H](O)[C@H](O)[C@H]3O)[C@H](O)[C@H]2O)cc1)Nc1ccc(S[C@@H]2O[C@H](CO)[C@@H](O[C@H]3O[C@H](CO)[C@@H](O)[C@H](O)[C@H]3O)[C@H](O)[C@H]2O)cc1. The quantitative estimate of drug-likeness (QED) is 0.0531. The van der Waals surface area contributed by atoms with Gasteiger partial charge in [-0.3, -0.25) is 9.59 Å². The van der Waals surface area contributed by atoms with Gasteiger partial charge in [-0.05, 0) is 61.4 Å². The molecular formula is C44H64N2O22S2. The molecule has 26 heteroatoms. The Balaban J connectivity index is 0.855. The molecule has 4 aliphatic rings. The summed E-state index contributed by atoms with van der Waals surface area (Å²) < 4.78 is 33.5. The second-order valence-electron chi connectivity index (χ2n) is 17.3. The Kier molecular flexibility index (Phi) is 21.4. The zero-order valence-corrected chi connectivity index (χ0v) is 39.2. The lowest BCUT2D eigenvalue weighted by molar-refractivity contribution is -0.338. The predicted octanol–water partition coefficient (Wildman–Crippen LogP) is -3.96. The highest BCUT2D eigenvalue weighted by molar-refractivity contribution is 8.00. The van der Waals surface area contributed by atoms with Gasteiger partial charge in [-0.2, -0.15) is 0 Å². The molecule has 0 saturated carbocycles. The lowest BCUT2D eigenvalue weighted by atomic mass is 9.97. The summed E-state index contributed by atoms with van der Waals surface area (Å²) in [5, 5.41) is 149. The Morgan fingerprint density at radius 1 is 0.429 bits per heavy atom. The number of aliphatic hydroxyl groups excluding tert-OH is 14. The van der Waals surface area contributed by atoms with Gasteiger partial charge in [0.15, 0.2) is 12.6 Å². The molecule has 70 heavy (non-hydrogen) atoms. The Hall–Kier alpha value is -2.72. The van der Waals surface area contributed by atoms with Crippen LogP contribution in [-0.2, 0) is 38.0 Å². The van der Waals surface area contributed by atoms with E-state index in [2.05, 4.69) is 10.6 Å². The molecule has 0 bridgehead atoms. The number of carbonyl (C=O) groups excluding carboxylic acids is 2. The maximum absolute atomic E-state index is 12.7. The first-order valence-corrected chi connectivity index (χ1v) is 24.5. The van der Waals surface area contributed by atoms with E-state index in [1.165, 1.54) is 0 Å². The lowest BCUT2D eigenvalue weighted by Gasteiger charge is -2.46. The molecule has 0 aliphatic carbocycles. The fraction of sp³-hybridized carbons (Fsp3) is 0.682. The van der Waals surface area contributed by atoms with E-state index in [1.807, 2.05) is 0 Å². The molecule has 16 N–H and O–H groups in total. The number of unbranched alkanes of at least 4 members (excludes halogenated alkanes) is 3. The van der Waals surface area contributed by atoms with Gasteiger partial charge in [-0.15, -0.1) is 0 Å². The third-order valence-corrected chi connectivity index (χ3v) is 14.6. The second-order valence-corrected chi connectivity index (χ2v) is 19.6. The smallest absolute Gasteiger partial charge is 0.224 e. The molecule has 0 spiro atoms. The zero-order valence-electron chi connectivity index (χ0n) is 37.6. The Bertz CT molecular complexity index is 1790. The molecule has 4 fully saturated rings. The average molecular weight is 1040 g/mol. The van der Waals surface area contributed by atoms with E-state index in [0.717, 1.165) is 23.5 Å². The number of ether oxygens (including phenoxy) is 6. The van der Waals surface area contributed by atoms with Crippen LogP contribution in [0.25, 0.3) is 0 Å². The van der Waals surface area contributed by atoms with Gasteiger partial charge in [0.1, 0.15) is 109 Å². The summed E-state index contributed by atoms with van der Waals surface area (Å²) in [6.07, 6.45) is -24.8. The minimum Gasteiger partial charge on any atom is -0.394 e. The first-order chi connectivity index (χ1) is 33.5. The van der Waals surface area contributed by atoms with Crippen LogP contribution in [0.1, 0.15) is 38.5 Å². The number of nitrogens with one attached hydrogen (secondary N) is 2. The van der Waals surface area contributed by atoms with E-state index in [4.69, 9.17) is 28.4 Å². The molecular weight excluding hydrogens is 973 g/mol. The molecule has 6 rings (SSSR count). The van der Waals surface area contributed by atoms with Crippen LogP contribution in [0, 0.1) is 0 Å². The van der Waals surface area contributed by atoms with Crippen molar-refractivity contribution in [3.8, 4) is 0 Å². The van der Waals surface area contributed by atoms with Crippen molar-refractivity contribution >= 4 is 46.7 Å². The lowest BCUT2D eigenvalue weighted by Crippen LogP contribution is -2.64. The molecule has 2 aromatic rings. The molecule has 0 aromatic heterocycles. The number of thioether (sulfide) groups is 2. The summed E-state index contributed by atoms with van der Waals surface area (Å²) in [7, 11) is 0. The Morgan fingerprint density at radius 3 is 1.10 bits per heavy atom. The highest BCUT2D eigenvalue weighted by atomic mass is 32.2. The van der Waals surface area contributed by atoms with E-state index < -0.39 is 148 Å². The fourth-order valence-corrected chi connectivity index (χ4v) is 10.3. The minimum atomic E-state index is -1.78. The number of rotatable bonds is 21. The summed E-state index contributed by atoms with van der Waals surface area (Å²) in [4.78, 5) is 26.5. The number of benzene rings is 2. The van der Waals surface area contributed by atoms with Crippen molar-refractivity contribution in [2.24, 2.45) is 0 Å². The fourth-order valence-electron chi connectivity index (χ4n) is 8.18. The number of hydrogen-bond acceptors (Lipinski definition) is 24. The highest BCUT2D eigenvalue weighted by Crippen LogP contribution is 2.38. The third-order valence-electron chi connectivity index (χ3n) is 12.3. The zero-order chi connectivity index (χ0) is 50.8. The van der Waals surface area contributed by atoms with E-state index >= 15 is 0 Å². The topological polar surface area (TPSA) is 397 Å². The number of anilines is 2.